The van der Waals surface area contributed by atoms with Crippen LogP contribution in [0.25, 0.3) is 0 Å². The van der Waals surface area contributed by atoms with Gasteiger partial charge >= 0.3 is 0 Å². The van der Waals surface area contributed by atoms with Crippen LogP contribution in [0.5, 0.6) is 5.75 Å². The largest absolute Gasteiger partial charge is 0.493 e. The molecule has 1 aromatic carbocycles. The van der Waals surface area contributed by atoms with Gasteiger partial charge in [0.05, 0.1) is 11.9 Å². The standard InChI is InChI=1S/C17H27NO4S/c1-13-9-6-7-10-16(13)22-12-8-11-17(19)18(4)14(2)15(3)23(5,20)21/h6-7,9-10,14-15H,8,11-12H2,1-5H3. The monoisotopic (exact) mass is 341 g/mol. The molecule has 0 aliphatic heterocycles. The molecule has 0 saturated carbocycles. The van der Waals surface area contributed by atoms with Gasteiger partial charge in [-0.2, -0.15) is 0 Å². The third-order valence-electron chi connectivity index (χ3n) is 4.25. The lowest BCUT2D eigenvalue weighted by molar-refractivity contribution is -0.131. The first kappa shape index (κ1) is 19.5. The zero-order valence-corrected chi connectivity index (χ0v) is 15.4. The molecule has 2 unspecified atom stereocenters. The Bertz CT molecular complexity index is 627. The van der Waals surface area contributed by atoms with E-state index in [2.05, 4.69) is 0 Å². The average Bonchev–Trinajstić information content (AvgIpc) is 2.49. The Kier molecular flexibility index (Phi) is 7.06. The van der Waals surface area contributed by atoms with Gasteiger partial charge in [0, 0.05) is 25.8 Å². The molecule has 0 N–H and O–H groups in total. The molecule has 0 radical (unpaired) electrons. The molecule has 0 bridgehead atoms. The van der Waals surface area contributed by atoms with Crippen molar-refractivity contribution in [1.82, 2.24) is 4.90 Å². The Labute approximate surface area is 139 Å². The van der Waals surface area contributed by atoms with E-state index in [1.807, 2.05) is 31.2 Å². The molecule has 0 saturated heterocycles. The highest BCUT2D eigenvalue weighted by Crippen LogP contribution is 2.17. The molecule has 6 heteroatoms. The molecule has 0 aliphatic carbocycles. The molecule has 0 aromatic heterocycles. The van der Waals surface area contributed by atoms with E-state index in [9.17, 15) is 13.2 Å². The summed E-state index contributed by atoms with van der Waals surface area (Å²) in [7, 11) is -1.52. The van der Waals surface area contributed by atoms with E-state index in [0.29, 0.717) is 19.4 Å². The van der Waals surface area contributed by atoms with Crippen molar-refractivity contribution in [3.05, 3.63) is 29.8 Å². The number of aryl methyl sites for hydroxylation is 1. The molecule has 2 atom stereocenters. The lowest BCUT2D eigenvalue weighted by Crippen LogP contribution is -2.44. The third kappa shape index (κ3) is 5.86. The maximum absolute atomic E-state index is 12.2. The summed E-state index contributed by atoms with van der Waals surface area (Å²) in [5.41, 5.74) is 1.06. The zero-order chi connectivity index (χ0) is 17.6. The van der Waals surface area contributed by atoms with Crippen molar-refractivity contribution in [1.29, 1.82) is 0 Å². The minimum atomic E-state index is -3.17. The number of sulfone groups is 1. The Hall–Kier alpha value is -1.56. The minimum absolute atomic E-state index is 0.0682. The molecule has 23 heavy (non-hydrogen) atoms. The van der Waals surface area contributed by atoms with Gasteiger partial charge in [0.15, 0.2) is 9.84 Å². The van der Waals surface area contributed by atoms with Gasteiger partial charge < -0.3 is 9.64 Å². The number of para-hydroxylation sites is 1. The minimum Gasteiger partial charge on any atom is -0.493 e. The van der Waals surface area contributed by atoms with E-state index in [1.165, 1.54) is 11.2 Å². The van der Waals surface area contributed by atoms with E-state index >= 15 is 0 Å². The molecule has 130 valence electrons. The first-order valence-electron chi connectivity index (χ1n) is 7.77. The summed E-state index contributed by atoms with van der Waals surface area (Å²) in [5, 5.41) is -0.584. The van der Waals surface area contributed by atoms with Crippen LogP contribution in [-0.4, -0.2) is 50.4 Å². The summed E-state index contributed by atoms with van der Waals surface area (Å²) in [6, 6.07) is 7.39. The van der Waals surface area contributed by atoms with E-state index in [-0.39, 0.29) is 11.9 Å². The number of rotatable bonds is 8. The fourth-order valence-electron chi connectivity index (χ4n) is 2.20. The fourth-order valence-corrected chi connectivity index (χ4v) is 3.10. The second kappa shape index (κ2) is 8.34. The van der Waals surface area contributed by atoms with Crippen molar-refractivity contribution in [2.45, 2.75) is 44.9 Å². The first-order chi connectivity index (χ1) is 10.6. The molecular formula is C17H27NO4S. The van der Waals surface area contributed by atoms with Crippen LogP contribution in [0.1, 0.15) is 32.3 Å². The van der Waals surface area contributed by atoms with E-state index in [1.54, 1.807) is 20.9 Å². The van der Waals surface area contributed by atoms with E-state index in [0.717, 1.165) is 11.3 Å². The molecule has 0 fully saturated rings. The van der Waals surface area contributed by atoms with E-state index < -0.39 is 15.1 Å². The molecule has 0 aliphatic rings. The number of ether oxygens (including phenoxy) is 1. The van der Waals surface area contributed by atoms with Crippen molar-refractivity contribution in [3.8, 4) is 5.75 Å². The SMILES string of the molecule is Cc1ccccc1OCCCC(=O)N(C)C(C)C(C)S(C)(=O)=O. The van der Waals surface area contributed by atoms with Crippen LogP contribution in [0.4, 0.5) is 0 Å². The lowest BCUT2D eigenvalue weighted by Gasteiger charge is -2.29. The summed E-state index contributed by atoms with van der Waals surface area (Å²) >= 11 is 0. The molecule has 0 heterocycles. The Morgan fingerprint density at radius 3 is 2.43 bits per heavy atom. The van der Waals surface area contributed by atoms with Crippen LogP contribution in [-0.2, 0) is 14.6 Å². The van der Waals surface area contributed by atoms with Crippen LogP contribution in [0.15, 0.2) is 24.3 Å². The number of benzene rings is 1. The Morgan fingerprint density at radius 2 is 1.87 bits per heavy atom. The maximum atomic E-state index is 12.2. The first-order valence-corrected chi connectivity index (χ1v) is 9.73. The number of carbonyl (C=O) groups excluding carboxylic acids is 1. The lowest BCUT2D eigenvalue weighted by atomic mass is 10.2. The Balaban J connectivity index is 2.43. The summed E-state index contributed by atoms with van der Waals surface area (Å²) in [4.78, 5) is 13.7. The maximum Gasteiger partial charge on any atom is 0.222 e. The fraction of sp³-hybridized carbons (Fsp3) is 0.588. The van der Waals surface area contributed by atoms with Gasteiger partial charge in [-0.1, -0.05) is 18.2 Å². The van der Waals surface area contributed by atoms with Crippen molar-refractivity contribution < 1.29 is 17.9 Å². The summed E-state index contributed by atoms with van der Waals surface area (Å²) in [6.07, 6.45) is 2.13. The number of amides is 1. The van der Waals surface area contributed by atoms with Gasteiger partial charge in [-0.05, 0) is 38.8 Å². The van der Waals surface area contributed by atoms with Gasteiger partial charge in [-0.15, -0.1) is 0 Å². The molecule has 1 amide bonds. The quantitative estimate of drug-likeness (QED) is 0.681. The summed E-state index contributed by atoms with van der Waals surface area (Å²) < 4.78 is 28.8. The van der Waals surface area contributed by atoms with Crippen molar-refractivity contribution in [2.24, 2.45) is 0 Å². The second-order valence-electron chi connectivity index (χ2n) is 6.00. The van der Waals surface area contributed by atoms with E-state index in [4.69, 9.17) is 4.74 Å². The van der Waals surface area contributed by atoms with Crippen molar-refractivity contribution in [3.63, 3.8) is 0 Å². The Morgan fingerprint density at radius 1 is 1.26 bits per heavy atom. The predicted octanol–water partition coefficient (Wildman–Crippen LogP) is 2.43. The van der Waals surface area contributed by atoms with Crippen molar-refractivity contribution in [2.75, 3.05) is 19.9 Å². The van der Waals surface area contributed by atoms with Gasteiger partial charge in [0.25, 0.3) is 0 Å². The van der Waals surface area contributed by atoms with Gasteiger partial charge in [0.1, 0.15) is 5.75 Å². The average molecular weight is 341 g/mol. The topological polar surface area (TPSA) is 63.7 Å². The molecule has 0 spiro atoms. The number of hydrogen-bond acceptors (Lipinski definition) is 4. The second-order valence-corrected chi connectivity index (χ2v) is 8.40. The van der Waals surface area contributed by atoms with Gasteiger partial charge in [-0.25, -0.2) is 8.42 Å². The summed E-state index contributed by atoms with van der Waals surface area (Å²) in [5.74, 6) is 0.758. The van der Waals surface area contributed by atoms with Crippen LogP contribution in [0.3, 0.4) is 0 Å². The highest BCUT2D eigenvalue weighted by Gasteiger charge is 2.27. The highest BCUT2D eigenvalue weighted by molar-refractivity contribution is 7.91. The van der Waals surface area contributed by atoms with Gasteiger partial charge in [-0.3, -0.25) is 4.79 Å². The number of carbonyl (C=O) groups is 1. The smallest absolute Gasteiger partial charge is 0.222 e. The predicted molar refractivity (Wildman–Crippen MR) is 92.4 cm³/mol. The molecule has 5 nitrogen and oxygen atoms in total. The van der Waals surface area contributed by atoms with Crippen LogP contribution < -0.4 is 4.74 Å². The normalized spacial score (nSPS) is 14.1. The van der Waals surface area contributed by atoms with Gasteiger partial charge in [0.2, 0.25) is 5.91 Å². The zero-order valence-electron chi connectivity index (χ0n) is 14.6. The van der Waals surface area contributed by atoms with Crippen LogP contribution >= 0.6 is 0 Å². The number of nitrogens with zero attached hydrogens (tertiary/aromatic N) is 1. The van der Waals surface area contributed by atoms with Crippen molar-refractivity contribution >= 4 is 15.7 Å². The third-order valence-corrected chi connectivity index (χ3v) is 5.99. The van der Waals surface area contributed by atoms with Crippen LogP contribution in [0, 0.1) is 6.92 Å². The molecule has 1 rings (SSSR count). The van der Waals surface area contributed by atoms with Crippen LogP contribution in [0.2, 0.25) is 0 Å². The molecular weight excluding hydrogens is 314 g/mol. The number of hydrogen-bond donors (Lipinski definition) is 0. The summed E-state index contributed by atoms with van der Waals surface area (Å²) in [6.45, 7) is 5.82. The highest BCUT2D eigenvalue weighted by atomic mass is 32.2. The molecule has 1 aromatic rings.